The van der Waals surface area contributed by atoms with Gasteiger partial charge < -0.3 is 5.11 Å². The Labute approximate surface area is 146 Å². The largest absolute Gasteiger partial charge is 0.494 e. The van der Waals surface area contributed by atoms with E-state index in [1.807, 2.05) is 0 Å². The average Bonchev–Trinajstić information content (AvgIpc) is 2.52. The number of rotatable bonds is 4. The molecule has 0 unspecified atom stereocenters. The second-order valence-corrected chi connectivity index (χ2v) is 7.98. The maximum absolute atomic E-state index is 12.2. The zero-order chi connectivity index (χ0) is 16.8. The Balaban J connectivity index is 1.65. The zero-order valence-corrected chi connectivity index (χ0v) is 14.5. The summed E-state index contributed by atoms with van der Waals surface area (Å²) in [4.78, 5) is 19.6. The van der Waals surface area contributed by atoms with Crippen LogP contribution in [0.2, 0.25) is 0 Å². The highest BCUT2D eigenvalue weighted by atomic mass is 32.1. The van der Waals surface area contributed by atoms with Gasteiger partial charge in [-0.25, -0.2) is 0 Å². The van der Waals surface area contributed by atoms with Crippen LogP contribution in [0.5, 0.6) is 5.88 Å². The third kappa shape index (κ3) is 2.57. The predicted molar refractivity (Wildman–Crippen MR) is 96.2 cm³/mol. The minimum Gasteiger partial charge on any atom is -0.494 e. The molecule has 1 aromatic rings. The topological polar surface area (TPSA) is 70.4 Å². The highest BCUT2D eigenvalue weighted by Crippen LogP contribution is 2.54. The summed E-state index contributed by atoms with van der Waals surface area (Å²) in [5.74, 6) is 2.96. The number of aromatic amines is 1. The van der Waals surface area contributed by atoms with Crippen molar-refractivity contribution in [2.75, 3.05) is 0 Å². The molecule has 5 rings (SSSR count). The molecule has 0 atom stereocenters. The fourth-order valence-electron chi connectivity index (χ4n) is 5.29. The van der Waals surface area contributed by atoms with E-state index in [1.54, 1.807) is 12.3 Å². The molecular weight excluding hydrogens is 322 g/mol. The van der Waals surface area contributed by atoms with Gasteiger partial charge in [-0.3, -0.25) is 19.3 Å². The summed E-state index contributed by atoms with van der Waals surface area (Å²) in [6.45, 7) is 4.00. The number of nitrogens with zero attached hydrogens (tertiary/aromatic N) is 2. The monoisotopic (exact) mass is 345 g/mol. The third-order valence-corrected chi connectivity index (χ3v) is 6.39. The van der Waals surface area contributed by atoms with Gasteiger partial charge in [0.2, 0.25) is 5.88 Å². The van der Waals surface area contributed by atoms with Crippen LogP contribution in [0, 0.1) is 28.4 Å². The lowest BCUT2D eigenvalue weighted by Gasteiger charge is -2.53. The van der Waals surface area contributed by atoms with Crippen LogP contribution < -0.4 is 5.56 Å². The summed E-state index contributed by atoms with van der Waals surface area (Å²) >= 11 is 5.10. The van der Waals surface area contributed by atoms with Gasteiger partial charge in [-0.15, -0.1) is 6.58 Å². The van der Waals surface area contributed by atoms with Crippen LogP contribution in [0.25, 0.3) is 0 Å². The number of aromatic nitrogens is 2. The molecule has 128 valence electrons. The Morgan fingerprint density at radius 1 is 1.25 bits per heavy atom. The van der Waals surface area contributed by atoms with Crippen molar-refractivity contribution in [3.05, 3.63) is 33.3 Å². The summed E-state index contributed by atoms with van der Waals surface area (Å²) in [7, 11) is 0. The lowest BCUT2D eigenvalue weighted by Crippen LogP contribution is -2.47. The van der Waals surface area contributed by atoms with Crippen LogP contribution in [0.15, 0.2) is 22.4 Å². The SMILES string of the molecule is C=CCn1c(O)c(C=NC2C3CC4CC(C3)CC2C4)c(=O)[nH]c1=S. The van der Waals surface area contributed by atoms with E-state index in [0.29, 0.717) is 24.4 Å². The van der Waals surface area contributed by atoms with E-state index in [4.69, 9.17) is 17.2 Å². The van der Waals surface area contributed by atoms with E-state index in [9.17, 15) is 9.90 Å². The van der Waals surface area contributed by atoms with Gasteiger partial charge in [0.05, 0.1) is 6.04 Å². The molecule has 4 fully saturated rings. The van der Waals surface area contributed by atoms with Gasteiger partial charge >= 0.3 is 0 Å². The van der Waals surface area contributed by atoms with E-state index >= 15 is 0 Å². The van der Waals surface area contributed by atoms with Gasteiger partial charge in [0.1, 0.15) is 5.56 Å². The molecule has 0 amide bonds. The quantitative estimate of drug-likeness (QED) is 0.500. The maximum atomic E-state index is 12.2. The second-order valence-electron chi connectivity index (χ2n) is 7.60. The van der Waals surface area contributed by atoms with Gasteiger partial charge in [-0.1, -0.05) is 6.08 Å². The molecule has 6 heteroatoms. The molecule has 0 radical (unpaired) electrons. The van der Waals surface area contributed by atoms with Gasteiger partial charge in [0.15, 0.2) is 4.77 Å². The number of aliphatic imine (C=N–C) groups is 1. The highest BCUT2D eigenvalue weighted by molar-refractivity contribution is 7.71. The molecule has 0 aliphatic heterocycles. The minimum absolute atomic E-state index is 0.129. The van der Waals surface area contributed by atoms with Crippen LogP contribution in [-0.2, 0) is 6.54 Å². The summed E-state index contributed by atoms with van der Waals surface area (Å²) in [5.41, 5.74) is -0.190. The Kier molecular flexibility index (Phi) is 3.95. The Morgan fingerprint density at radius 2 is 1.88 bits per heavy atom. The molecule has 4 bridgehead atoms. The number of allylic oxidation sites excluding steroid dienone is 1. The van der Waals surface area contributed by atoms with Gasteiger partial charge in [0.25, 0.3) is 5.56 Å². The van der Waals surface area contributed by atoms with Crippen molar-refractivity contribution in [1.29, 1.82) is 0 Å². The predicted octanol–water partition coefficient (Wildman–Crippen LogP) is 3.04. The molecule has 4 aliphatic carbocycles. The van der Waals surface area contributed by atoms with Crippen molar-refractivity contribution in [3.63, 3.8) is 0 Å². The van der Waals surface area contributed by atoms with Crippen molar-refractivity contribution < 1.29 is 5.11 Å². The minimum atomic E-state index is -0.384. The van der Waals surface area contributed by atoms with Crippen LogP contribution in [-0.4, -0.2) is 26.9 Å². The Bertz CT molecular complexity index is 779. The molecule has 0 aromatic carbocycles. The molecule has 0 spiro atoms. The van der Waals surface area contributed by atoms with E-state index in [-0.39, 0.29) is 21.8 Å². The van der Waals surface area contributed by atoms with Crippen molar-refractivity contribution in [2.45, 2.75) is 44.7 Å². The van der Waals surface area contributed by atoms with Crippen molar-refractivity contribution >= 4 is 18.4 Å². The zero-order valence-electron chi connectivity index (χ0n) is 13.6. The highest BCUT2D eigenvalue weighted by Gasteiger charge is 2.48. The molecule has 1 heterocycles. The number of hydrogen-bond acceptors (Lipinski definition) is 4. The van der Waals surface area contributed by atoms with E-state index in [0.717, 1.165) is 11.8 Å². The molecule has 4 saturated carbocycles. The lowest BCUT2D eigenvalue weighted by molar-refractivity contribution is 0.00146. The molecule has 1 aromatic heterocycles. The van der Waals surface area contributed by atoms with E-state index in [2.05, 4.69) is 11.6 Å². The van der Waals surface area contributed by atoms with Crippen molar-refractivity contribution in [3.8, 4) is 5.88 Å². The first-order valence-corrected chi connectivity index (χ1v) is 9.17. The van der Waals surface area contributed by atoms with Crippen LogP contribution >= 0.6 is 12.2 Å². The number of H-pyrrole nitrogens is 1. The average molecular weight is 345 g/mol. The van der Waals surface area contributed by atoms with Gasteiger partial charge in [-0.2, -0.15) is 0 Å². The summed E-state index contributed by atoms with van der Waals surface area (Å²) in [6.07, 6.45) is 9.71. The third-order valence-electron chi connectivity index (χ3n) is 6.07. The smallest absolute Gasteiger partial charge is 0.264 e. The number of nitrogens with one attached hydrogen (secondary N) is 1. The van der Waals surface area contributed by atoms with E-state index < -0.39 is 0 Å². The molecule has 4 aliphatic rings. The lowest BCUT2D eigenvalue weighted by atomic mass is 9.54. The summed E-state index contributed by atoms with van der Waals surface area (Å²) in [5, 5.41) is 10.4. The molecule has 0 saturated heterocycles. The second kappa shape index (κ2) is 5.99. The summed E-state index contributed by atoms with van der Waals surface area (Å²) in [6, 6.07) is 0.299. The Morgan fingerprint density at radius 3 is 2.46 bits per heavy atom. The normalized spacial score (nSPS) is 34.1. The molecule has 5 nitrogen and oxygen atoms in total. The number of hydrogen-bond donors (Lipinski definition) is 2. The maximum Gasteiger partial charge on any atom is 0.264 e. The van der Waals surface area contributed by atoms with Gasteiger partial charge in [0, 0.05) is 12.8 Å². The first kappa shape index (κ1) is 15.8. The van der Waals surface area contributed by atoms with Crippen molar-refractivity contribution in [1.82, 2.24) is 9.55 Å². The van der Waals surface area contributed by atoms with Crippen LogP contribution in [0.4, 0.5) is 0 Å². The van der Waals surface area contributed by atoms with Crippen LogP contribution in [0.3, 0.4) is 0 Å². The first-order valence-electron chi connectivity index (χ1n) is 8.77. The van der Waals surface area contributed by atoms with Gasteiger partial charge in [-0.05, 0) is 68.0 Å². The standard InChI is InChI=1S/C18H23N3O2S/c1-2-3-21-17(23)14(16(22)20-18(21)24)9-19-15-12-5-10-4-11(7-12)8-13(15)6-10/h2,9-13,15,23H,1,3-8H2,(H,20,22,24). The molecular formula is C18H23N3O2S. The molecule has 2 N–H and O–H groups in total. The summed E-state index contributed by atoms with van der Waals surface area (Å²) < 4.78 is 1.66. The fourth-order valence-corrected chi connectivity index (χ4v) is 5.54. The van der Waals surface area contributed by atoms with E-state index in [1.165, 1.54) is 36.7 Å². The Hall–Kier alpha value is -1.69. The van der Waals surface area contributed by atoms with Crippen LogP contribution in [0.1, 0.15) is 37.7 Å². The van der Waals surface area contributed by atoms with Crippen molar-refractivity contribution in [2.24, 2.45) is 28.7 Å². The molecule has 24 heavy (non-hydrogen) atoms. The first-order chi connectivity index (χ1) is 11.6. The number of aromatic hydroxyl groups is 1. The fraction of sp³-hybridized carbons (Fsp3) is 0.611.